The Balaban J connectivity index is 1.39. The second-order valence-electron chi connectivity index (χ2n) is 7.44. The normalized spacial score (nSPS) is 14.5. The van der Waals surface area contributed by atoms with Crippen molar-refractivity contribution in [3.05, 3.63) is 64.9 Å². The van der Waals surface area contributed by atoms with Gasteiger partial charge in [-0.05, 0) is 37.6 Å². The molecule has 4 heterocycles. The molecule has 4 aromatic rings. The van der Waals surface area contributed by atoms with Crippen LogP contribution in [0.3, 0.4) is 0 Å². The number of benzene rings is 1. The molecule has 7 nitrogen and oxygen atoms in total. The highest BCUT2D eigenvalue weighted by atomic mass is 32.1. The predicted octanol–water partition coefficient (Wildman–Crippen LogP) is 3.46. The molecule has 3 aromatic heterocycles. The zero-order valence-corrected chi connectivity index (χ0v) is 17.8. The quantitative estimate of drug-likeness (QED) is 0.510. The summed E-state index contributed by atoms with van der Waals surface area (Å²) in [7, 11) is 0. The number of carbonyl (C=O) groups excluding carboxylic acids is 1. The van der Waals surface area contributed by atoms with E-state index in [0.29, 0.717) is 13.1 Å². The third-order valence-electron chi connectivity index (χ3n) is 5.50. The van der Waals surface area contributed by atoms with Crippen molar-refractivity contribution in [1.29, 1.82) is 0 Å². The van der Waals surface area contributed by atoms with Crippen molar-refractivity contribution in [3.8, 4) is 5.69 Å². The lowest BCUT2D eigenvalue weighted by atomic mass is 10.2. The monoisotopic (exact) mass is 418 g/mol. The maximum Gasteiger partial charge on any atom is 0.264 e. The summed E-state index contributed by atoms with van der Waals surface area (Å²) in [5, 5.41) is 5.76. The lowest BCUT2D eigenvalue weighted by molar-refractivity contribution is 0.0751. The van der Waals surface area contributed by atoms with Gasteiger partial charge in [-0.15, -0.1) is 11.3 Å². The largest absolute Gasteiger partial charge is 0.337 e. The standard InChI is InChI=1S/C22H22N6OS/c1-15-6-3-4-7-18(15)28-21-17(16(2)25-28)14-19(30-21)20(29)26-10-12-27(13-11-26)22-23-8-5-9-24-22/h3-9,14H,10-13H2,1-2H3. The van der Waals surface area contributed by atoms with Crippen molar-refractivity contribution in [1.82, 2.24) is 24.6 Å². The Bertz CT molecular complexity index is 1210. The van der Waals surface area contributed by atoms with E-state index in [1.807, 2.05) is 40.8 Å². The topological polar surface area (TPSA) is 67.2 Å². The summed E-state index contributed by atoms with van der Waals surface area (Å²) in [6.07, 6.45) is 3.49. The van der Waals surface area contributed by atoms with Crippen molar-refractivity contribution in [3.63, 3.8) is 0 Å². The van der Waals surface area contributed by atoms with E-state index in [2.05, 4.69) is 33.9 Å². The van der Waals surface area contributed by atoms with Gasteiger partial charge in [0.1, 0.15) is 4.83 Å². The number of fused-ring (bicyclic) bond motifs is 1. The molecule has 0 spiro atoms. The molecule has 0 bridgehead atoms. The number of nitrogens with zero attached hydrogens (tertiary/aromatic N) is 6. The predicted molar refractivity (Wildman–Crippen MR) is 119 cm³/mol. The van der Waals surface area contributed by atoms with Crippen LogP contribution in [0, 0.1) is 13.8 Å². The fourth-order valence-electron chi connectivity index (χ4n) is 3.84. The van der Waals surface area contributed by atoms with E-state index in [1.165, 1.54) is 11.3 Å². The highest BCUT2D eigenvalue weighted by Gasteiger charge is 2.26. The van der Waals surface area contributed by atoms with Gasteiger partial charge in [0.15, 0.2) is 0 Å². The Morgan fingerprint density at radius 1 is 1.00 bits per heavy atom. The van der Waals surface area contributed by atoms with Crippen LogP contribution >= 0.6 is 11.3 Å². The SMILES string of the molecule is Cc1ccccc1-n1nc(C)c2cc(C(=O)N3CCN(c4ncccn4)CC3)sc21. The summed E-state index contributed by atoms with van der Waals surface area (Å²) >= 11 is 1.52. The van der Waals surface area contributed by atoms with Crippen LogP contribution in [0.25, 0.3) is 15.9 Å². The van der Waals surface area contributed by atoms with Gasteiger partial charge in [-0.2, -0.15) is 5.10 Å². The Morgan fingerprint density at radius 2 is 1.73 bits per heavy atom. The zero-order chi connectivity index (χ0) is 20.7. The fraction of sp³-hybridized carbons (Fsp3) is 0.273. The number of amides is 1. The van der Waals surface area contributed by atoms with E-state index in [1.54, 1.807) is 12.4 Å². The van der Waals surface area contributed by atoms with E-state index in [9.17, 15) is 4.79 Å². The molecule has 1 aromatic carbocycles. The number of carbonyl (C=O) groups is 1. The first-order chi connectivity index (χ1) is 14.6. The number of thiophene rings is 1. The molecule has 1 aliphatic rings. The summed E-state index contributed by atoms with van der Waals surface area (Å²) < 4.78 is 1.96. The van der Waals surface area contributed by atoms with Gasteiger partial charge in [-0.1, -0.05) is 18.2 Å². The molecule has 1 saturated heterocycles. The summed E-state index contributed by atoms with van der Waals surface area (Å²) in [5.41, 5.74) is 3.14. The smallest absolute Gasteiger partial charge is 0.264 e. The summed E-state index contributed by atoms with van der Waals surface area (Å²) in [6.45, 7) is 6.86. The van der Waals surface area contributed by atoms with E-state index in [4.69, 9.17) is 5.10 Å². The minimum Gasteiger partial charge on any atom is -0.337 e. The molecule has 1 fully saturated rings. The van der Waals surface area contributed by atoms with Crippen LogP contribution in [0.4, 0.5) is 5.95 Å². The molecular weight excluding hydrogens is 396 g/mol. The van der Waals surface area contributed by atoms with Crippen LogP contribution in [0.2, 0.25) is 0 Å². The third kappa shape index (κ3) is 3.23. The number of hydrogen-bond donors (Lipinski definition) is 0. The molecule has 5 rings (SSSR count). The van der Waals surface area contributed by atoms with Gasteiger partial charge >= 0.3 is 0 Å². The fourth-order valence-corrected chi connectivity index (χ4v) is 4.98. The van der Waals surface area contributed by atoms with Gasteiger partial charge in [-0.25, -0.2) is 14.6 Å². The molecule has 152 valence electrons. The summed E-state index contributed by atoms with van der Waals surface area (Å²) in [5.74, 6) is 0.806. The minimum absolute atomic E-state index is 0.0839. The maximum atomic E-state index is 13.2. The Labute approximate surface area is 178 Å². The van der Waals surface area contributed by atoms with Crippen LogP contribution in [-0.4, -0.2) is 56.7 Å². The van der Waals surface area contributed by atoms with Crippen molar-refractivity contribution < 1.29 is 4.79 Å². The van der Waals surface area contributed by atoms with Gasteiger partial charge in [0.25, 0.3) is 5.91 Å². The Kier molecular flexibility index (Phi) is 4.71. The first-order valence-electron chi connectivity index (χ1n) is 9.98. The first-order valence-corrected chi connectivity index (χ1v) is 10.8. The average molecular weight is 419 g/mol. The Morgan fingerprint density at radius 3 is 2.47 bits per heavy atom. The molecule has 0 atom stereocenters. The summed E-state index contributed by atoms with van der Waals surface area (Å²) in [6, 6.07) is 12.0. The molecule has 1 amide bonds. The maximum absolute atomic E-state index is 13.2. The number of hydrogen-bond acceptors (Lipinski definition) is 6. The molecule has 1 aliphatic heterocycles. The lowest BCUT2D eigenvalue weighted by Gasteiger charge is -2.34. The minimum atomic E-state index is 0.0839. The van der Waals surface area contributed by atoms with Crippen LogP contribution in [0.1, 0.15) is 20.9 Å². The van der Waals surface area contributed by atoms with Crippen LogP contribution in [0.5, 0.6) is 0 Å². The molecule has 0 aliphatic carbocycles. The number of aromatic nitrogens is 4. The zero-order valence-electron chi connectivity index (χ0n) is 16.9. The van der Waals surface area contributed by atoms with Gasteiger partial charge < -0.3 is 9.80 Å². The van der Waals surface area contributed by atoms with E-state index in [-0.39, 0.29) is 5.91 Å². The summed E-state index contributed by atoms with van der Waals surface area (Å²) in [4.78, 5) is 27.6. The van der Waals surface area contributed by atoms with E-state index >= 15 is 0 Å². The molecule has 0 unspecified atom stereocenters. The van der Waals surface area contributed by atoms with Crippen molar-refractivity contribution in [2.75, 3.05) is 31.1 Å². The molecule has 8 heteroatoms. The number of para-hydroxylation sites is 1. The second kappa shape index (κ2) is 7.53. The van der Waals surface area contributed by atoms with Crippen LogP contribution < -0.4 is 4.90 Å². The number of rotatable bonds is 3. The van der Waals surface area contributed by atoms with Crippen molar-refractivity contribution >= 4 is 33.4 Å². The van der Waals surface area contributed by atoms with Crippen molar-refractivity contribution in [2.45, 2.75) is 13.8 Å². The van der Waals surface area contributed by atoms with Gasteiger partial charge in [-0.3, -0.25) is 4.79 Å². The van der Waals surface area contributed by atoms with Crippen molar-refractivity contribution in [2.24, 2.45) is 0 Å². The molecular formula is C22H22N6OS. The average Bonchev–Trinajstić information content (AvgIpc) is 3.35. The highest BCUT2D eigenvalue weighted by molar-refractivity contribution is 7.20. The van der Waals surface area contributed by atoms with E-state index < -0.39 is 0 Å². The Hall–Kier alpha value is -3.26. The molecule has 0 radical (unpaired) electrons. The number of anilines is 1. The first kappa shape index (κ1) is 18.7. The number of aryl methyl sites for hydroxylation is 2. The molecule has 30 heavy (non-hydrogen) atoms. The van der Waals surface area contributed by atoms with Crippen LogP contribution in [0.15, 0.2) is 48.8 Å². The second-order valence-corrected chi connectivity index (χ2v) is 8.47. The van der Waals surface area contributed by atoms with E-state index in [0.717, 1.165) is 51.1 Å². The van der Waals surface area contributed by atoms with Crippen LogP contribution in [-0.2, 0) is 0 Å². The molecule has 0 saturated carbocycles. The molecule has 0 N–H and O–H groups in total. The lowest BCUT2D eigenvalue weighted by Crippen LogP contribution is -2.49. The van der Waals surface area contributed by atoms with Gasteiger partial charge in [0, 0.05) is 44.0 Å². The highest BCUT2D eigenvalue weighted by Crippen LogP contribution is 2.32. The third-order valence-corrected chi connectivity index (χ3v) is 6.60. The van der Waals surface area contributed by atoms with Gasteiger partial charge in [0.2, 0.25) is 5.95 Å². The number of piperazine rings is 1. The van der Waals surface area contributed by atoms with Gasteiger partial charge in [0.05, 0.1) is 16.3 Å².